The van der Waals surface area contributed by atoms with Gasteiger partial charge in [0, 0.05) is 12.0 Å². The molecule has 0 saturated heterocycles. The quantitative estimate of drug-likeness (QED) is 0.800. The standard InChI is InChI=1S/C19H18N4O2/c1-13-18(22-23(21-13)14-7-3-2-4-8-14)19(24)20-16-11-12-25-17-10-6-5-9-15(16)17/h2-10,16H,11-12H2,1H3,(H,20,24)/t16-/m0/s1. The Morgan fingerprint density at radius 3 is 2.72 bits per heavy atom. The van der Waals surface area contributed by atoms with Crippen molar-refractivity contribution in [2.24, 2.45) is 0 Å². The molecule has 0 bridgehead atoms. The zero-order valence-corrected chi connectivity index (χ0v) is 13.8. The van der Waals surface area contributed by atoms with E-state index in [1.807, 2.05) is 54.6 Å². The number of rotatable bonds is 3. The van der Waals surface area contributed by atoms with E-state index in [1.54, 1.807) is 6.92 Å². The summed E-state index contributed by atoms with van der Waals surface area (Å²) in [5.41, 5.74) is 2.76. The average molecular weight is 334 g/mol. The molecule has 2 heterocycles. The van der Waals surface area contributed by atoms with Crippen molar-refractivity contribution < 1.29 is 9.53 Å². The van der Waals surface area contributed by atoms with Crippen molar-refractivity contribution in [2.75, 3.05) is 6.61 Å². The number of nitrogens with one attached hydrogen (secondary N) is 1. The summed E-state index contributed by atoms with van der Waals surface area (Å²) in [6.45, 7) is 2.37. The lowest BCUT2D eigenvalue weighted by Gasteiger charge is -2.26. The smallest absolute Gasteiger partial charge is 0.274 e. The van der Waals surface area contributed by atoms with Crippen LogP contribution in [0, 0.1) is 6.92 Å². The molecule has 0 spiro atoms. The Bertz CT molecular complexity index is 905. The molecule has 4 rings (SSSR count). The molecule has 1 N–H and O–H groups in total. The molecule has 0 fully saturated rings. The number of benzene rings is 2. The summed E-state index contributed by atoms with van der Waals surface area (Å²) in [6.07, 6.45) is 0.731. The van der Waals surface area contributed by atoms with Crippen molar-refractivity contribution in [1.82, 2.24) is 20.3 Å². The van der Waals surface area contributed by atoms with E-state index in [4.69, 9.17) is 4.74 Å². The number of carbonyl (C=O) groups is 1. The number of carbonyl (C=O) groups excluding carboxylic acids is 1. The fourth-order valence-corrected chi connectivity index (χ4v) is 2.98. The molecule has 0 radical (unpaired) electrons. The van der Waals surface area contributed by atoms with Gasteiger partial charge in [0.1, 0.15) is 5.75 Å². The molecule has 1 amide bonds. The molecule has 0 unspecified atom stereocenters. The SMILES string of the molecule is Cc1nn(-c2ccccc2)nc1C(=O)N[C@H]1CCOc2ccccc21. The molecule has 6 heteroatoms. The van der Waals surface area contributed by atoms with Crippen LogP contribution in [0.2, 0.25) is 0 Å². The van der Waals surface area contributed by atoms with Gasteiger partial charge < -0.3 is 10.1 Å². The van der Waals surface area contributed by atoms with E-state index in [1.165, 1.54) is 4.80 Å². The Hall–Kier alpha value is -3.15. The second kappa shape index (κ2) is 6.39. The first-order valence-electron chi connectivity index (χ1n) is 8.24. The highest BCUT2D eigenvalue weighted by Gasteiger charge is 2.25. The molecule has 126 valence electrons. The Morgan fingerprint density at radius 1 is 1.12 bits per heavy atom. The molecule has 1 aliphatic rings. The summed E-state index contributed by atoms with van der Waals surface area (Å²) in [7, 11) is 0. The van der Waals surface area contributed by atoms with Gasteiger partial charge in [0.25, 0.3) is 5.91 Å². The second-order valence-corrected chi connectivity index (χ2v) is 5.96. The van der Waals surface area contributed by atoms with Crippen LogP contribution in [0.25, 0.3) is 5.69 Å². The van der Waals surface area contributed by atoms with Crippen LogP contribution in [0.15, 0.2) is 54.6 Å². The lowest BCUT2D eigenvalue weighted by molar-refractivity contribution is 0.0918. The number of nitrogens with zero attached hydrogens (tertiary/aromatic N) is 3. The van der Waals surface area contributed by atoms with E-state index in [-0.39, 0.29) is 11.9 Å². The molecule has 3 aromatic rings. The highest BCUT2D eigenvalue weighted by molar-refractivity contribution is 5.93. The molecule has 0 aliphatic carbocycles. The van der Waals surface area contributed by atoms with E-state index in [2.05, 4.69) is 15.5 Å². The zero-order chi connectivity index (χ0) is 17.2. The first-order chi connectivity index (χ1) is 12.2. The third-order valence-electron chi connectivity index (χ3n) is 4.25. The van der Waals surface area contributed by atoms with Crippen molar-refractivity contribution in [2.45, 2.75) is 19.4 Å². The number of amides is 1. The third kappa shape index (κ3) is 2.98. The summed E-state index contributed by atoms with van der Waals surface area (Å²) in [5, 5.41) is 11.8. The highest BCUT2D eigenvalue weighted by Crippen LogP contribution is 2.31. The van der Waals surface area contributed by atoms with E-state index >= 15 is 0 Å². The zero-order valence-electron chi connectivity index (χ0n) is 13.8. The van der Waals surface area contributed by atoms with E-state index in [0.29, 0.717) is 18.0 Å². The van der Waals surface area contributed by atoms with E-state index < -0.39 is 0 Å². The van der Waals surface area contributed by atoms with Crippen molar-refractivity contribution >= 4 is 5.91 Å². The summed E-state index contributed by atoms with van der Waals surface area (Å²) in [5.74, 6) is 0.602. The van der Waals surface area contributed by atoms with Crippen LogP contribution in [0.4, 0.5) is 0 Å². The number of para-hydroxylation sites is 2. The van der Waals surface area contributed by atoms with Crippen LogP contribution in [-0.4, -0.2) is 27.5 Å². The van der Waals surface area contributed by atoms with Gasteiger partial charge in [-0.15, -0.1) is 5.10 Å². The molecule has 6 nitrogen and oxygen atoms in total. The molecule has 1 aromatic heterocycles. The van der Waals surface area contributed by atoms with Crippen molar-refractivity contribution in [3.05, 3.63) is 71.5 Å². The molecule has 2 aromatic carbocycles. The molecule has 1 atom stereocenters. The summed E-state index contributed by atoms with van der Waals surface area (Å²) in [4.78, 5) is 14.2. The predicted octanol–water partition coefficient (Wildman–Crippen LogP) is 2.83. The van der Waals surface area contributed by atoms with Crippen LogP contribution in [0.3, 0.4) is 0 Å². The summed E-state index contributed by atoms with van der Waals surface area (Å²) in [6, 6.07) is 17.2. The Kier molecular flexibility index (Phi) is 3.93. The third-order valence-corrected chi connectivity index (χ3v) is 4.25. The minimum Gasteiger partial charge on any atom is -0.493 e. The lowest BCUT2D eigenvalue weighted by Crippen LogP contribution is -2.32. The van der Waals surface area contributed by atoms with Crippen LogP contribution in [0.5, 0.6) is 5.75 Å². The Balaban J connectivity index is 1.58. The maximum atomic E-state index is 12.7. The van der Waals surface area contributed by atoms with Gasteiger partial charge >= 0.3 is 0 Å². The van der Waals surface area contributed by atoms with Crippen molar-refractivity contribution in [3.63, 3.8) is 0 Å². The summed E-state index contributed by atoms with van der Waals surface area (Å²) >= 11 is 0. The maximum absolute atomic E-state index is 12.7. The Morgan fingerprint density at radius 2 is 1.88 bits per heavy atom. The van der Waals surface area contributed by atoms with Crippen molar-refractivity contribution in [3.8, 4) is 11.4 Å². The summed E-state index contributed by atoms with van der Waals surface area (Å²) < 4.78 is 5.64. The number of aryl methyl sites for hydroxylation is 1. The highest BCUT2D eigenvalue weighted by atomic mass is 16.5. The molecular formula is C19H18N4O2. The molecule has 25 heavy (non-hydrogen) atoms. The van der Waals surface area contributed by atoms with Crippen LogP contribution >= 0.6 is 0 Å². The van der Waals surface area contributed by atoms with Gasteiger partial charge in [0.2, 0.25) is 0 Å². The first-order valence-corrected chi connectivity index (χ1v) is 8.24. The largest absolute Gasteiger partial charge is 0.493 e. The number of ether oxygens (including phenoxy) is 1. The van der Waals surface area contributed by atoms with Crippen LogP contribution in [0.1, 0.15) is 34.2 Å². The second-order valence-electron chi connectivity index (χ2n) is 5.96. The van der Waals surface area contributed by atoms with Crippen LogP contribution in [-0.2, 0) is 0 Å². The maximum Gasteiger partial charge on any atom is 0.274 e. The fraction of sp³-hybridized carbons (Fsp3) is 0.211. The number of fused-ring (bicyclic) bond motifs is 1. The van der Waals surface area contributed by atoms with Gasteiger partial charge in [-0.05, 0) is 25.1 Å². The fourth-order valence-electron chi connectivity index (χ4n) is 2.98. The van der Waals surface area contributed by atoms with E-state index in [0.717, 1.165) is 23.4 Å². The molecular weight excluding hydrogens is 316 g/mol. The van der Waals surface area contributed by atoms with Crippen molar-refractivity contribution in [1.29, 1.82) is 0 Å². The number of hydrogen-bond acceptors (Lipinski definition) is 4. The molecule has 0 saturated carbocycles. The van der Waals surface area contributed by atoms with Gasteiger partial charge in [-0.1, -0.05) is 36.4 Å². The number of aromatic nitrogens is 3. The monoisotopic (exact) mass is 334 g/mol. The average Bonchev–Trinajstić information content (AvgIpc) is 3.05. The van der Waals surface area contributed by atoms with Crippen LogP contribution < -0.4 is 10.1 Å². The van der Waals surface area contributed by atoms with Gasteiger partial charge in [-0.2, -0.15) is 9.90 Å². The van der Waals surface area contributed by atoms with Gasteiger partial charge in [0.05, 0.1) is 24.0 Å². The predicted molar refractivity (Wildman–Crippen MR) is 92.9 cm³/mol. The van der Waals surface area contributed by atoms with E-state index in [9.17, 15) is 4.79 Å². The lowest BCUT2D eigenvalue weighted by atomic mass is 10.0. The normalized spacial score (nSPS) is 16.0. The topological polar surface area (TPSA) is 69.0 Å². The first kappa shape index (κ1) is 15.4. The van der Waals surface area contributed by atoms with Gasteiger partial charge in [-0.25, -0.2) is 0 Å². The molecule has 1 aliphatic heterocycles. The van der Waals surface area contributed by atoms with Gasteiger partial charge in [0.15, 0.2) is 5.69 Å². The minimum atomic E-state index is -0.221. The Labute approximate surface area is 145 Å². The number of hydrogen-bond donors (Lipinski definition) is 1. The minimum absolute atomic E-state index is 0.0845. The van der Waals surface area contributed by atoms with Gasteiger partial charge in [-0.3, -0.25) is 4.79 Å².